The highest BCUT2D eigenvalue weighted by molar-refractivity contribution is 6.30. The summed E-state index contributed by atoms with van der Waals surface area (Å²) < 4.78 is 1.83. The van der Waals surface area contributed by atoms with E-state index in [1.165, 1.54) is 6.92 Å². The SMILES string of the molecule is CC(=O)Nc1cccc2c1ccn2CC(=O)Nc1cccc(Cl)c1. The quantitative estimate of drug-likeness (QED) is 0.756. The number of amides is 2. The molecule has 1 heterocycles. The lowest BCUT2D eigenvalue weighted by Crippen LogP contribution is -2.18. The van der Waals surface area contributed by atoms with E-state index in [4.69, 9.17) is 11.6 Å². The number of carbonyl (C=O) groups excluding carboxylic acids is 2. The van der Waals surface area contributed by atoms with Gasteiger partial charge in [-0.3, -0.25) is 9.59 Å². The molecule has 3 aromatic rings. The van der Waals surface area contributed by atoms with Crippen LogP contribution in [-0.4, -0.2) is 16.4 Å². The first-order valence-electron chi connectivity index (χ1n) is 7.44. The second kappa shape index (κ2) is 6.76. The highest BCUT2D eigenvalue weighted by Crippen LogP contribution is 2.24. The van der Waals surface area contributed by atoms with Crippen molar-refractivity contribution < 1.29 is 9.59 Å². The van der Waals surface area contributed by atoms with Crippen LogP contribution in [0.4, 0.5) is 11.4 Å². The molecule has 0 bridgehead atoms. The first-order chi connectivity index (χ1) is 11.5. The van der Waals surface area contributed by atoms with Gasteiger partial charge in [0.05, 0.1) is 11.2 Å². The van der Waals surface area contributed by atoms with Crippen molar-refractivity contribution >= 4 is 45.7 Å². The maximum atomic E-state index is 12.3. The zero-order valence-electron chi connectivity index (χ0n) is 13.0. The highest BCUT2D eigenvalue weighted by Gasteiger charge is 2.10. The van der Waals surface area contributed by atoms with Gasteiger partial charge in [0, 0.05) is 29.2 Å². The monoisotopic (exact) mass is 341 g/mol. The molecule has 2 N–H and O–H groups in total. The summed E-state index contributed by atoms with van der Waals surface area (Å²) in [4.78, 5) is 23.5. The summed E-state index contributed by atoms with van der Waals surface area (Å²) in [6, 6.07) is 14.5. The van der Waals surface area contributed by atoms with Crippen LogP contribution in [0.2, 0.25) is 5.02 Å². The number of aromatic nitrogens is 1. The summed E-state index contributed by atoms with van der Waals surface area (Å²) in [6.07, 6.45) is 1.83. The molecule has 0 fully saturated rings. The number of nitrogens with zero attached hydrogens (tertiary/aromatic N) is 1. The van der Waals surface area contributed by atoms with Crippen LogP contribution >= 0.6 is 11.6 Å². The van der Waals surface area contributed by atoms with Crippen molar-refractivity contribution in [2.24, 2.45) is 0 Å². The molecule has 122 valence electrons. The summed E-state index contributed by atoms with van der Waals surface area (Å²) in [7, 11) is 0. The van der Waals surface area contributed by atoms with Gasteiger partial charge >= 0.3 is 0 Å². The van der Waals surface area contributed by atoms with Crippen LogP contribution in [0.25, 0.3) is 10.9 Å². The van der Waals surface area contributed by atoms with Gasteiger partial charge in [0.15, 0.2) is 0 Å². The fourth-order valence-electron chi connectivity index (χ4n) is 2.58. The number of anilines is 2. The minimum absolute atomic E-state index is 0.131. The van der Waals surface area contributed by atoms with E-state index in [1.54, 1.807) is 24.3 Å². The van der Waals surface area contributed by atoms with Crippen LogP contribution in [0.3, 0.4) is 0 Å². The van der Waals surface area contributed by atoms with Crippen molar-refractivity contribution in [3.63, 3.8) is 0 Å². The number of halogens is 1. The molecule has 2 aromatic carbocycles. The molecule has 3 rings (SSSR count). The third kappa shape index (κ3) is 3.58. The molecule has 0 radical (unpaired) electrons. The van der Waals surface area contributed by atoms with Crippen LogP contribution < -0.4 is 10.6 Å². The Morgan fingerprint density at radius 2 is 1.88 bits per heavy atom. The average Bonchev–Trinajstić information content (AvgIpc) is 2.91. The summed E-state index contributed by atoms with van der Waals surface area (Å²) in [5, 5.41) is 7.07. The summed E-state index contributed by atoms with van der Waals surface area (Å²) >= 11 is 5.92. The number of carbonyl (C=O) groups is 2. The Balaban J connectivity index is 1.80. The molecule has 24 heavy (non-hydrogen) atoms. The second-order valence-corrected chi connectivity index (χ2v) is 5.86. The fraction of sp³-hybridized carbons (Fsp3) is 0.111. The van der Waals surface area contributed by atoms with Gasteiger partial charge in [-0.25, -0.2) is 0 Å². The van der Waals surface area contributed by atoms with Crippen LogP contribution in [0, 0.1) is 0 Å². The Morgan fingerprint density at radius 1 is 1.08 bits per heavy atom. The molecular formula is C18H16ClN3O2. The molecular weight excluding hydrogens is 326 g/mol. The van der Waals surface area contributed by atoms with Crippen molar-refractivity contribution in [1.82, 2.24) is 4.57 Å². The molecule has 2 amide bonds. The van der Waals surface area contributed by atoms with E-state index in [9.17, 15) is 9.59 Å². The second-order valence-electron chi connectivity index (χ2n) is 5.42. The van der Waals surface area contributed by atoms with E-state index in [0.717, 1.165) is 16.6 Å². The van der Waals surface area contributed by atoms with E-state index < -0.39 is 0 Å². The van der Waals surface area contributed by atoms with Crippen molar-refractivity contribution in [2.75, 3.05) is 10.6 Å². The lowest BCUT2D eigenvalue weighted by atomic mass is 10.2. The number of benzene rings is 2. The van der Waals surface area contributed by atoms with E-state index in [0.29, 0.717) is 10.7 Å². The molecule has 1 aromatic heterocycles. The fourth-order valence-corrected chi connectivity index (χ4v) is 2.77. The third-order valence-electron chi connectivity index (χ3n) is 3.55. The summed E-state index contributed by atoms with van der Waals surface area (Å²) in [5.74, 6) is -0.284. The largest absolute Gasteiger partial charge is 0.338 e. The van der Waals surface area contributed by atoms with Gasteiger partial charge < -0.3 is 15.2 Å². The molecule has 0 aliphatic heterocycles. The number of fused-ring (bicyclic) bond motifs is 1. The lowest BCUT2D eigenvalue weighted by Gasteiger charge is -2.09. The molecule has 0 aliphatic carbocycles. The first kappa shape index (κ1) is 16.1. The predicted octanol–water partition coefficient (Wildman–Crippen LogP) is 3.89. The molecule has 0 unspecified atom stereocenters. The lowest BCUT2D eigenvalue weighted by molar-refractivity contribution is -0.116. The molecule has 0 atom stereocenters. The smallest absolute Gasteiger partial charge is 0.244 e. The molecule has 0 aliphatic rings. The maximum Gasteiger partial charge on any atom is 0.244 e. The Labute approximate surface area is 144 Å². The Morgan fingerprint density at radius 3 is 2.62 bits per heavy atom. The Kier molecular flexibility index (Phi) is 4.53. The van der Waals surface area contributed by atoms with Gasteiger partial charge in [0.2, 0.25) is 11.8 Å². The number of rotatable bonds is 4. The number of hydrogen-bond acceptors (Lipinski definition) is 2. The summed E-state index contributed by atoms with van der Waals surface area (Å²) in [6.45, 7) is 1.63. The highest BCUT2D eigenvalue weighted by atomic mass is 35.5. The molecule has 5 nitrogen and oxygen atoms in total. The van der Waals surface area contributed by atoms with Gasteiger partial charge in [0.25, 0.3) is 0 Å². The normalized spacial score (nSPS) is 10.6. The summed E-state index contributed by atoms with van der Waals surface area (Å²) in [5.41, 5.74) is 2.26. The zero-order valence-corrected chi connectivity index (χ0v) is 13.8. The molecule has 0 saturated heterocycles. The third-order valence-corrected chi connectivity index (χ3v) is 3.78. The molecule has 0 spiro atoms. The van der Waals surface area contributed by atoms with Crippen molar-refractivity contribution in [2.45, 2.75) is 13.5 Å². The number of hydrogen-bond donors (Lipinski definition) is 2. The predicted molar refractivity (Wildman–Crippen MR) is 96.3 cm³/mol. The number of nitrogens with one attached hydrogen (secondary N) is 2. The standard InChI is InChI=1S/C18H16ClN3O2/c1-12(23)20-16-6-3-7-17-15(16)8-9-22(17)11-18(24)21-14-5-2-4-13(19)10-14/h2-10H,11H2,1H3,(H,20,23)(H,21,24). The van der Waals surface area contributed by atoms with E-state index >= 15 is 0 Å². The van der Waals surface area contributed by atoms with Crippen LogP contribution in [0.5, 0.6) is 0 Å². The minimum Gasteiger partial charge on any atom is -0.338 e. The molecule has 0 saturated carbocycles. The minimum atomic E-state index is -0.153. The topological polar surface area (TPSA) is 63.1 Å². The van der Waals surface area contributed by atoms with Gasteiger partial charge in [-0.2, -0.15) is 0 Å². The van der Waals surface area contributed by atoms with E-state index in [2.05, 4.69) is 10.6 Å². The first-order valence-corrected chi connectivity index (χ1v) is 7.81. The van der Waals surface area contributed by atoms with Gasteiger partial charge in [-0.05, 0) is 36.4 Å². The van der Waals surface area contributed by atoms with Crippen LogP contribution in [0.15, 0.2) is 54.7 Å². The van der Waals surface area contributed by atoms with Crippen LogP contribution in [-0.2, 0) is 16.1 Å². The van der Waals surface area contributed by atoms with E-state index in [-0.39, 0.29) is 18.4 Å². The average molecular weight is 342 g/mol. The van der Waals surface area contributed by atoms with Crippen molar-refractivity contribution in [3.05, 3.63) is 59.8 Å². The van der Waals surface area contributed by atoms with Gasteiger partial charge in [0.1, 0.15) is 6.54 Å². The van der Waals surface area contributed by atoms with E-state index in [1.807, 2.05) is 35.0 Å². The van der Waals surface area contributed by atoms with Crippen molar-refractivity contribution in [3.8, 4) is 0 Å². The Bertz CT molecular complexity index is 918. The Hall–Kier alpha value is -2.79. The van der Waals surface area contributed by atoms with Crippen LogP contribution in [0.1, 0.15) is 6.92 Å². The zero-order chi connectivity index (χ0) is 17.1. The van der Waals surface area contributed by atoms with Gasteiger partial charge in [-0.15, -0.1) is 0 Å². The molecule has 6 heteroatoms. The van der Waals surface area contributed by atoms with Gasteiger partial charge in [-0.1, -0.05) is 23.7 Å². The van der Waals surface area contributed by atoms with Crippen molar-refractivity contribution in [1.29, 1.82) is 0 Å². The maximum absolute atomic E-state index is 12.3.